The molecule has 1 aliphatic rings. The van der Waals surface area contributed by atoms with Crippen LogP contribution in [0.5, 0.6) is 0 Å². The van der Waals surface area contributed by atoms with Gasteiger partial charge in [-0.15, -0.1) is 0 Å². The molecule has 174 valence electrons. The minimum Gasteiger partial charge on any atom is -0.378 e. The highest BCUT2D eigenvalue weighted by molar-refractivity contribution is 7.89. The van der Waals surface area contributed by atoms with Gasteiger partial charge in [-0.1, -0.05) is 0 Å². The molecule has 12 heteroatoms. The normalized spacial score (nSPS) is 14.9. The number of nitrogens with zero attached hydrogens (tertiary/aromatic N) is 3. The fourth-order valence-electron chi connectivity index (χ4n) is 3.09. The summed E-state index contributed by atoms with van der Waals surface area (Å²) in [4.78, 5) is 22.6. The van der Waals surface area contributed by atoms with Crippen molar-refractivity contribution >= 4 is 27.2 Å². The van der Waals surface area contributed by atoms with Crippen LogP contribution in [-0.2, 0) is 25.1 Å². The first-order chi connectivity index (χ1) is 15.0. The number of hydrogen-bond acceptors (Lipinski definition) is 7. The van der Waals surface area contributed by atoms with E-state index in [2.05, 4.69) is 15.3 Å². The van der Waals surface area contributed by atoms with Crippen LogP contribution in [0.4, 0.5) is 24.7 Å². The highest BCUT2D eigenvalue weighted by atomic mass is 32.2. The molecule has 2 heterocycles. The number of carbonyl (C=O) groups excluding carboxylic acids is 1. The van der Waals surface area contributed by atoms with Gasteiger partial charge in [0.1, 0.15) is 5.82 Å². The molecule has 1 aliphatic heterocycles. The second-order valence-corrected chi connectivity index (χ2v) is 9.59. The van der Waals surface area contributed by atoms with Crippen LogP contribution in [0.1, 0.15) is 18.5 Å². The molecule has 0 radical (unpaired) electrons. The van der Waals surface area contributed by atoms with E-state index in [1.54, 1.807) is 18.2 Å². The van der Waals surface area contributed by atoms with Crippen molar-refractivity contribution in [3.63, 3.8) is 0 Å². The molecule has 2 aromatic rings. The van der Waals surface area contributed by atoms with Gasteiger partial charge in [-0.2, -0.15) is 13.2 Å². The second kappa shape index (κ2) is 9.82. The van der Waals surface area contributed by atoms with E-state index in [1.807, 2.05) is 4.90 Å². The number of anilines is 2. The zero-order valence-electron chi connectivity index (χ0n) is 17.4. The molecule has 1 saturated heterocycles. The Kier molecular flexibility index (Phi) is 7.34. The van der Waals surface area contributed by atoms with Gasteiger partial charge < -0.3 is 15.0 Å². The molecule has 0 bridgehead atoms. The zero-order chi connectivity index (χ0) is 23.4. The lowest BCUT2D eigenvalue weighted by atomic mass is 10.2. The van der Waals surface area contributed by atoms with Gasteiger partial charge in [0.15, 0.2) is 15.7 Å². The first-order valence-corrected chi connectivity index (χ1v) is 11.9. The maximum atomic E-state index is 12.3. The van der Waals surface area contributed by atoms with Crippen LogP contribution >= 0.6 is 0 Å². The van der Waals surface area contributed by atoms with Crippen molar-refractivity contribution < 1.29 is 31.1 Å². The van der Waals surface area contributed by atoms with E-state index in [-0.39, 0.29) is 5.75 Å². The summed E-state index contributed by atoms with van der Waals surface area (Å²) in [6, 6.07) is 7.93. The van der Waals surface area contributed by atoms with Crippen molar-refractivity contribution in [2.45, 2.75) is 24.8 Å². The molecule has 1 amide bonds. The molecule has 0 atom stereocenters. The maximum absolute atomic E-state index is 12.3. The third-order valence-electron chi connectivity index (χ3n) is 4.57. The Morgan fingerprint density at radius 1 is 1.16 bits per heavy atom. The number of rotatable bonds is 7. The standard InChI is InChI=1S/C20H23F3N4O4S/c1-32(29,30)13-16-12-17(27-8-10-31-11-9-27)26-19(25-16)14-2-4-15(5-3-14)24-18(28)6-7-20(21,22)23/h2-5,12H,6-11,13H2,1H3,(H,24,28). The molecule has 0 aliphatic carbocycles. The number of halogens is 3. The molecule has 0 unspecified atom stereocenters. The molecular weight excluding hydrogens is 449 g/mol. The Balaban J connectivity index is 1.81. The Hall–Kier alpha value is -2.73. The first-order valence-electron chi connectivity index (χ1n) is 9.84. The summed E-state index contributed by atoms with van der Waals surface area (Å²) >= 11 is 0. The number of amides is 1. The van der Waals surface area contributed by atoms with E-state index in [9.17, 15) is 26.4 Å². The molecule has 1 fully saturated rings. The van der Waals surface area contributed by atoms with Crippen LogP contribution in [0, 0.1) is 0 Å². The van der Waals surface area contributed by atoms with Crippen LogP contribution in [0.2, 0.25) is 0 Å². The van der Waals surface area contributed by atoms with Crippen molar-refractivity contribution in [2.24, 2.45) is 0 Å². The summed E-state index contributed by atoms with van der Waals surface area (Å²) in [7, 11) is -3.32. The fraction of sp³-hybridized carbons (Fsp3) is 0.450. The zero-order valence-corrected chi connectivity index (χ0v) is 18.2. The maximum Gasteiger partial charge on any atom is 0.389 e. The van der Waals surface area contributed by atoms with Crippen LogP contribution in [0.25, 0.3) is 11.4 Å². The lowest BCUT2D eigenvalue weighted by molar-refractivity contribution is -0.142. The third-order valence-corrected chi connectivity index (χ3v) is 5.39. The lowest BCUT2D eigenvalue weighted by Crippen LogP contribution is -2.37. The smallest absolute Gasteiger partial charge is 0.378 e. The predicted octanol–water partition coefficient (Wildman–Crippen LogP) is 2.81. The summed E-state index contributed by atoms with van der Waals surface area (Å²) in [6.45, 7) is 2.28. The molecule has 3 rings (SSSR count). The molecular formula is C20H23F3N4O4S. The summed E-state index contributed by atoms with van der Waals surface area (Å²) in [5.74, 6) is -0.0899. The second-order valence-electron chi connectivity index (χ2n) is 7.45. The van der Waals surface area contributed by atoms with Crippen molar-refractivity contribution in [1.82, 2.24) is 9.97 Å². The monoisotopic (exact) mass is 472 g/mol. The number of nitrogens with one attached hydrogen (secondary N) is 1. The minimum absolute atomic E-state index is 0.243. The van der Waals surface area contributed by atoms with Gasteiger partial charge in [-0.3, -0.25) is 4.79 Å². The summed E-state index contributed by atoms with van der Waals surface area (Å²) in [5.41, 5.74) is 1.26. The number of benzene rings is 1. The molecule has 0 saturated carbocycles. The van der Waals surface area contributed by atoms with Crippen LogP contribution in [-0.4, -0.2) is 63.0 Å². The summed E-state index contributed by atoms with van der Waals surface area (Å²) < 4.78 is 65.7. The number of ether oxygens (including phenoxy) is 1. The van der Waals surface area contributed by atoms with Gasteiger partial charge >= 0.3 is 6.18 Å². The average molecular weight is 472 g/mol. The van der Waals surface area contributed by atoms with E-state index in [4.69, 9.17) is 4.74 Å². The Bertz CT molecular complexity index is 1050. The average Bonchev–Trinajstić information content (AvgIpc) is 2.71. The number of aromatic nitrogens is 2. The largest absolute Gasteiger partial charge is 0.389 e. The minimum atomic E-state index is -4.40. The lowest BCUT2D eigenvalue weighted by Gasteiger charge is -2.28. The van der Waals surface area contributed by atoms with E-state index in [0.717, 1.165) is 6.26 Å². The summed E-state index contributed by atoms with van der Waals surface area (Å²) in [6.07, 6.45) is -5.12. The van der Waals surface area contributed by atoms with Gasteiger partial charge in [0.05, 0.1) is 31.1 Å². The number of carbonyl (C=O) groups is 1. The van der Waals surface area contributed by atoms with Crippen LogP contribution in [0.3, 0.4) is 0 Å². The fourth-order valence-corrected chi connectivity index (χ4v) is 3.78. The van der Waals surface area contributed by atoms with Gasteiger partial charge in [0, 0.05) is 43.1 Å². The summed E-state index contributed by atoms with van der Waals surface area (Å²) in [5, 5.41) is 2.42. The molecule has 8 nitrogen and oxygen atoms in total. The van der Waals surface area contributed by atoms with E-state index in [0.29, 0.717) is 54.9 Å². The Morgan fingerprint density at radius 3 is 2.41 bits per heavy atom. The van der Waals surface area contributed by atoms with Crippen molar-refractivity contribution in [3.8, 4) is 11.4 Å². The quantitative estimate of drug-likeness (QED) is 0.661. The van der Waals surface area contributed by atoms with Crippen LogP contribution < -0.4 is 10.2 Å². The topological polar surface area (TPSA) is 101 Å². The van der Waals surface area contributed by atoms with Crippen LogP contribution in [0.15, 0.2) is 30.3 Å². The Morgan fingerprint density at radius 2 is 1.81 bits per heavy atom. The predicted molar refractivity (Wildman–Crippen MR) is 113 cm³/mol. The molecule has 1 aromatic carbocycles. The highest BCUT2D eigenvalue weighted by Crippen LogP contribution is 2.24. The van der Waals surface area contributed by atoms with Crippen molar-refractivity contribution in [1.29, 1.82) is 0 Å². The van der Waals surface area contributed by atoms with Gasteiger partial charge in [0.25, 0.3) is 0 Å². The number of alkyl halides is 3. The SMILES string of the molecule is CS(=O)(=O)Cc1cc(N2CCOCC2)nc(-c2ccc(NC(=O)CCC(F)(F)F)cc2)n1. The molecule has 1 aromatic heterocycles. The number of morpholine rings is 1. The third kappa shape index (κ3) is 7.45. The van der Waals surface area contributed by atoms with E-state index in [1.165, 1.54) is 12.1 Å². The highest BCUT2D eigenvalue weighted by Gasteiger charge is 2.27. The first kappa shape index (κ1) is 23.9. The van der Waals surface area contributed by atoms with Crippen molar-refractivity contribution in [2.75, 3.05) is 42.8 Å². The van der Waals surface area contributed by atoms with Gasteiger partial charge in [-0.05, 0) is 24.3 Å². The molecule has 0 spiro atoms. The van der Waals surface area contributed by atoms with Gasteiger partial charge in [-0.25, -0.2) is 18.4 Å². The van der Waals surface area contributed by atoms with Gasteiger partial charge in [0.2, 0.25) is 5.91 Å². The van der Waals surface area contributed by atoms with E-state index < -0.39 is 34.8 Å². The Labute approximate surface area is 183 Å². The number of sulfone groups is 1. The van der Waals surface area contributed by atoms with Crippen molar-refractivity contribution in [3.05, 3.63) is 36.0 Å². The van der Waals surface area contributed by atoms with E-state index >= 15 is 0 Å². The number of hydrogen-bond donors (Lipinski definition) is 1. The molecule has 32 heavy (non-hydrogen) atoms. The molecule has 1 N–H and O–H groups in total.